The van der Waals surface area contributed by atoms with Crippen LogP contribution >= 0.6 is 11.6 Å². The number of fused-ring (bicyclic) bond motifs is 1. The van der Waals surface area contributed by atoms with Gasteiger partial charge < -0.3 is 5.73 Å². The molecule has 3 rings (SSSR count). The molecule has 0 radical (unpaired) electrons. The monoisotopic (exact) mass is 271 g/mol. The summed E-state index contributed by atoms with van der Waals surface area (Å²) in [6.45, 7) is 2.07. The molecule has 2 heterocycles. The first-order valence-electron chi connectivity index (χ1n) is 6.11. The summed E-state index contributed by atoms with van der Waals surface area (Å²) in [6, 6.07) is 12.1. The van der Waals surface area contributed by atoms with Gasteiger partial charge in [0, 0.05) is 12.6 Å². The lowest BCUT2D eigenvalue weighted by Gasteiger charge is -2.01. The van der Waals surface area contributed by atoms with Crippen LogP contribution in [-0.2, 0) is 6.42 Å². The Morgan fingerprint density at radius 3 is 2.63 bits per heavy atom. The molecular weight excluding hydrogens is 258 g/mol. The molecule has 0 saturated carbocycles. The highest BCUT2D eigenvalue weighted by molar-refractivity contribution is 6.30. The van der Waals surface area contributed by atoms with E-state index in [1.165, 1.54) is 11.1 Å². The third-order valence-corrected chi connectivity index (χ3v) is 3.41. The Morgan fingerprint density at radius 2 is 1.89 bits per heavy atom. The number of nitrogen functional groups attached to an aromatic ring is 1. The minimum absolute atomic E-state index is 0.651. The van der Waals surface area contributed by atoms with E-state index in [-0.39, 0.29) is 0 Å². The molecule has 3 aromatic rings. The SMILES string of the molecule is Cc1ccc(Cc2nc3ccc(Cl)cn3c2N)cc1. The first-order valence-corrected chi connectivity index (χ1v) is 6.49. The Kier molecular flexibility index (Phi) is 2.91. The fourth-order valence-corrected chi connectivity index (χ4v) is 2.28. The molecule has 2 N–H and O–H groups in total. The predicted molar refractivity (Wildman–Crippen MR) is 78.6 cm³/mol. The maximum atomic E-state index is 6.13. The fraction of sp³-hybridized carbons (Fsp3) is 0.133. The number of imidazole rings is 1. The van der Waals surface area contributed by atoms with Gasteiger partial charge in [-0.25, -0.2) is 4.98 Å². The van der Waals surface area contributed by atoms with Crippen LogP contribution in [0.1, 0.15) is 16.8 Å². The highest BCUT2D eigenvalue weighted by atomic mass is 35.5. The van der Waals surface area contributed by atoms with Crippen molar-refractivity contribution in [2.24, 2.45) is 0 Å². The number of pyridine rings is 1. The van der Waals surface area contributed by atoms with Gasteiger partial charge in [0.25, 0.3) is 0 Å². The maximum absolute atomic E-state index is 6.13. The smallest absolute Gasteiger partial charge is 0.138 e. The Morgan fingerprint density at radius 1 is 1.16 bits per heavy atom. The van der Waals surface area contributed by atoms with E-state index >= 15 is 0 Å². The van der Waals surface area contributed by atoms with Crippen molar-refractivity contribution in [2.75, 3.05) is 5.73 Å². The molecule has 0 spiro atoms. The van der Waals surface area contributed by atoms with Crippen molar-refractivity contribution in [1.29, 1.82) is 0 Å². The zero-order chi connectivity index (χ0) is 13.4. The van der Waals surface area contributed by atoms with E-state index in [0.29, 0.717) is 10.8 Å². The molecule has 0 aliphatic rings. The Hall–Kier alpha value is -2.00. The lowest BCUT2D eigenvalue weighted by Crippen LogP contribution is -1.97. The van der Waals surface area contributed by atoms with Crippen molar-refractivity contribution in [2.45, 2.75) is 13.3 Å². The Balaban J connectivity index is 2.01. The van der Waals surface area contributed by atoms with E-state index in [9.17, 15) is 0 Å². The maximum Gasteiger partial charge on any atom is 0.138 e. The van der Waals surface area contributed by atoms with Crippen LogP contribution in [0, 0.1) is 6.92 Å². The largest absolute Gasteiger partial charge is 0.383 e. The van der Waals surface area contributed by atoms with Crippen molar-refractivity contribution in [3.8, 4) is 0 Å². The molecule has 4 heteroatoms. The summed E-state index contributed by atoms with van der Waals surface area (Å²) in [5, 5.41) is 0.651. The molecule has 19 heavy (non-hydrogen) atoms. The normalized spacial score (nSPS) is 11.1. The zero-order valence-corrected chi connectivity index (χ0v) is 11.4. The summed E-state index contributed by atoms with van der Waals surface area (Å²) >= 11 is 5.97. The molecule has 0 fully saturated rings. The molecule has 0 aliphatic carbocycles. The van der Waals surface area contributed by atoms with Gasteiger partial charge in [-0.2, -0.15) is 0 Å². The average molecular weight is 272 g/mol. The minimum Gasteiger partial charge on any atom is -0.383 e. The molecule has 0 saturated heterocycles. The topological polar surface area (TPSA) is 43.3 Å². The number of hydrogen-bond donors (Lipinski definition) is 1. The number of aryl methyl sites for hydroxylation is 1. The van der Waals surface area contributed by atoms with Crippen molar-refractivity contribution >= 4 is 23.1 Å². The molecular formula is C15H14ClN3. The third kappa shape index (κ3) is 2.29. The zero-order valence-electron chi connectivity index (χ0n) is 10.6. The van der Waals surface area contributed by atoms with Gasteiger partial charge in [0.15, 0.2) is 0 Å². The summed E-state index contributed by atoms with van der Waals surface area (Å²) in [5.41, 5.74) is 10.3. The molecule has 0 aliphatic heterocycles. The van der Waals surface area contributed by atoms with Crippen molar-refractivity contribution in [1.82, 2.24) is 9.38 Å². The molecule has 3 nitrogen and oxygen atoms in total. The lowest BCUT2D eigenvalue weighted by molar-refractivity contribution is 1.12. The van der Waals surface area contributed by atoms with Crippen LogP contribution in [0.15, 0.2) is 42.6 Å². The lowest BCUT2D eigenvalue weighted by atomic mass is 10.1. The fourth-order valence-electron chi connectivity index (χ4n) is 2.11. The summed E-state index contributed by atoms with van der Waals surface area (Å²) in [6.07, 6.45) is 2.52. The van der Waals surface area contributed by atoms with Gasteiger partial charge >= 0.3 is 0 Å². The van der Waals surface area contributed by atoms with E-state index in [0.717, 1.165) is 17.8 Å². The number of hydrogen-bond acceptors (Lipinski definition) is 2. The van der Waals surface area contributed by atoms with E-state index < -0.39 is 0 Å². The third-order valence-electron chi connectivity index (χ3n) is 3.19. The summed E-state index contributed by atoms with van der Waals surface area (Å²) in [7, 11) is 0. The van der Waals surface area contributed by atoms with Crippen LogP contribution in [0.2, 0.25) is 5.02 Å². The van der Waals surface area contributed by atoms with Crippen LogP contribution in [0.5, 0.6) is 0 Å². The van der Waals surface area contributed by atoms with Crippen LogP contribution < -0.4 is 5.73 Å². The quantitative estimate of drug-likeness (QED) is 0.776. The number of anilines is 1. The highest BCUT2D eigenvalue weighted by Crippen LogP contribution is 2.20. The molecule has 0 bridgehead atoms. The molecule has 0 atom stereocenters. The standard InChI is InChI=1S/C15H14ClN3/c1-10-2-4-11(5-3-10)8-13-15(17)19-9-12(16)6-7-14(19)18-13/h2-7,9H,8,17H2,1H3. The van der Waals surface area contributed by atoms with Crippen molar-refractivity contribution in [3.05, 3.63) is 64.4 Å². The second-order valence-corrected chi connectivity index (χ2v) is 5.12. The van der Waals surface area contributed by atoms with E-state index in [1.54, 1.807) is 6.20 Å². The van der Waals surface area contributed by atoms with Gasteiger partial charge in [0.2, 0.25) is 0 Å². The van der Waals surface area contributed by atoms with Gasteiger partial charge in [0.05, 0.1) is 10.7 Å². The number of benzene rings is 1. The number of aromatic nitrogens is 2. The van der Waals surface area contributed by atoms with Crippen LogP contribution in [0.25, 0.3) is 5.65 Å². The first kappa shape index (κ1) is 12.1. The number of nitrogens with two attached hydrogens (primary N) is 1. The first-order chi connectivity index (χ1) is 9.13. The summed E-state index contributed by atoms with van der Waals surface area (Å²) < 4.78 is 1.83. The second-order valence-electron chi connectivity index (χ2n) is 4.68. The van der Waals surface area contributed by atoms with E-state index in [2.05, 4.69) is 36.2 Å². The number of rotatable bonds is 2. The van der Waals surface area contributed by atoms with Crippen LogP contribution in [0.3, 0.4) is 0 Å². The second kappa shape index (κ2) is 4.59. The average Bonchev–Trinajstić information content (AvgIpc) is 2.70. The van der Waals surface area contributed by atoms with Gasteiger partial charge in [-0.1, -0.05) is 41.4 Å². The molecule has 2 aromatic heterocycles. The van der Waals surface area contributed by atoms with Gasteiger partial charge in [-0.15, -0.1) is 0 Å². The van der Waals surface area contributed by atoms with Gasteiger partial charge in [-0.3, -0.25) is 4.40 Å². The predicted octanol–water partition coefficient (Wildman–Crippen LogP) is 3.47. The Labute approximate surface area is 116 Å². The van der Waals surface area contributed by atoms with Crippen molar-refractivity contribution < 1.29 is 0 Å². The highest BCUT2D eigenvalue weighted by Gasteiger charge is 2.09. The Bertz CT molecular complexity index is 729. The van der Waals surface area contributed by atoms with Gasteiger partial charge in [0.1, 0.15) is 11.5 Å². The summed E-state index contributed by atoms with van der Waals surface area (Å²) in [4.78, 5) is 4.55. The number of halogens is 1. The molecule has 0 amide bonds. The van der Waals surface area contributed by atoms with Crippen LogP contribution in [-0.4, -0.2) is 9.38 Å². The molecule has 96 valence electrons. The van der Waals surface area contributed by atoms with Crippen molar-refractivity contribution in [3.63, 3.8) is 0 Å². The minimum atomic E-state index is 0.651. The summed E-state index contributed by atoms with van der Waals surface area (Å²) in [5.74, 6) is 0.651. The number of nitrogens with zero attached hydrogens (tertiary/aromatic N) is 2. The van der Waals surface area contributed by atoms with E-state index in [1.807, 2.05) is 16.5 Å². The van der Waals surface area contributed by atoms with E-state index in [4.69, 9.17) is 17.3 Å². The van der Waals surface area contributed by atoms with Crippen LogP contribution in [0.4, 0.5) is 5.82 Å². The molecule has 0 unspecified atom stereocenters. The van der Waals surface area contributed by atoms with Gasteiger partial charge in [-0.05, 0) is 24.6 Å². The molecule has 1 aromatic carbocycles.